The molecule has 0 aliphatic rings. The molecule has 0 fully saturated rings. The van der Waals surface area contributed by atoms with Gasteiger partial charge in [0.2, 0.25) is 5.95 Å². The zero-order valence-electron chi connectivity index (χ0n) is 14.7. The number of rotatable bonds is 6. The van der Waals surface area contributed by atoms with Gasteiger partial charge in [-0.1, -0.05) is 37.4 Å². The zero-order chi connectivity index (χ0) is 18.7. The van der Waals surface area contributed by atoms with E-state index in [0.29, 0.717) is 10.7 Å². The summed E-state index contributed by atoms with van der Waals surface area (Å²) in [5.74, 6) is -1.17. The molecule has 0 radical (unpaired) electrons. The van der Waals surface area contributed by atoms with E-state index in [-0.39, 0.29) is 11.7 Å². The third-order valence-corrected chi connectivity index (χ3v) is 4.64. The lowest BCUT2D eigenvalue weighted by molar-refractivity contribution is 0.0709. The number of carbonyl (C=O) groups is 1. The fraction of sp³-hybridized carbons (Fsp3) is 0.316. The minimum absolute atomic E-state index is 0.191. The van der Waals surface area contributed by atoms with Gasteiger partial charge in [-0.05, 0) is 30.2 Å². The van der Waals surface area contributed by atoms with E-state index >= 15 is 0 Å². The molecule has 0 N–H and O–H groups in total. The van der Waals surface area contributed by atoms with Crippen LogP contribution < -0.4 is 0 Å². The Bertz CT molecular complexity index is 913. The van der Waals surface area contributed by atoms with Crippen LogP contribution in [0.15, 0.2) is 42.9 Å². The molecule has 7 heteroatoms. The van der Waals surface area contributed by atoms with Crippen molar-refractivity contribution in [2.75, 3.05) is 7.05 Å². The highest BCUT2D eigenvalue weighted by atomic mass is 35.5. The smallest absolute Gasteiger partial charge is 0.277 e. The highest BCUT2D eigenvalue weighted by molar-refractivity contribution is 6.30. The molecule has 1 atom stereocenters. The van der Waals surface area contributed by atoms with Gasteiger partial charge in [-0.15, -0.1) is 0 Å². The minimum atomic E-state index is -0.709. The fourth-order valence-electron chi connectivity index (χ4n) is 2.99. The molecular formula is C19H20ClFN4O. The summed E-state index contributed by atoms with van der Waals surface area (Å²) in [6.07, 6.45) is 7.55. The number of hydrogen-bond donors (Lipinski definition) is 0. The molecule has 0 bridgehead atoms. The van der Waals surface area contributed by atoms with Gasteiger partial charge in [0.25, 0.3) is 5.91 Å². The largest absolute Gasteiger partial charge is 0.333 e. The lowest BCUT2D eigenvalue weighted by Crippen LogP contribution is -2.32. The third-order valence-electron chi connectivity index (χ3n) is 4.41. The third kappa shape index (κ3) is 3.55. The van der Waals surface area contributed by atoms with Crippen molar-refractivity contribution in [1.29, 1.82) is 0 Å². The van der Waals surface area contributed by atoms with Crippen LogP contribution in [-0.2, 0) is 0 Å². The first kappa shape index (κ1) is 18.3. The molecule has 3 heterocycles. The number of carbonyl (C=O) groups excluding carboxylic acids is 1. The van der Waals surface area contributed by atoms with Crippen molar-refractivity contribution >= 4 is 23.2 Å². The van der Waals surface area contributed by atoms with E-state index in [9.17, 15) is 9.18 Å². The second-order valence-electron chi connectivity index (χ2n) is 6.19. The highest BCUT2D eigenvalue weighted by Crippen LogP contribution is 2.27. The van der Waals surface area contributed by atoms with Gasteiger partial charge in [0.05, 0.1) is 11.1 Å². The molecule has 3 aromatic heterocycles. The zero-order valence-corrected chi connectivity index (χ0v) is 15.4. The summed E-state index contributed by atoms with van der Waals surface area (Å²) >= 11 is 5.91. The predicted molar refractivity (Wildman–Crippen MR) is 98.8 cm³/mol. The topological polar surface area (TPSA) is 50.5 Å². The van der Waals surface area contributed by atoms with Crippen LogP contribution in [0.4, 0.5) is 4.39 Å². The van der Waals surface area contributed by atoms with Gasteiger partial charge in [0.15, 0.2) is 5.69 Å². The molecule has 1 amide bonds. The fourth-order valence-corrected chi connectivity index (χ4v) is 3.15. The molecule has 26 heavy (non-hydrogen) atoms. The molecule has 0 saturated carbocycles. The average Bonchev–Trinajstić information content (AvgIpc) is 2.98. The van der Waals surface area contributed by atoms with E-state index in [0.717, 1.165) is 24.8 Å². The Hall–Kier alpha value is -2.47. The minimum Gasteiger partial charge on any atom is -0.333 e. The SMILES string of the molecule is CCCC[C@H](c1cccnc1)N(C)C(=O)c1nc2ccc(Cl)cn2c1F. The quantitative estimate of drug-likeness (QED) is 0.637. The van der Waals surface area contributed by atoms with E-state index in [1.54, 1.807) is 36.5 Å². The predicted octanol–water partition coefficient (Wildman–Crippen LogP) is 4.53. The highest BCUT2D eigenvalue weighted by Gasteiger charge is 2.27. The molecule has 0 aliphatic heterocycles. The van der Waals surface area contributed by atoms with Crippen molar-refractivity contribution in [3.8, 4) is 0 Å². The van der Waals surface area contributed by atoms with Gasteiger partial charge >= 0.3 is 0 Å². The maximum Gasteiger partial charge on any atom is 0.277 e. The Balaban J connectivity index is 1.95. The number of nitrogens with zero attached hydrogens (tertiary/aromatic N) is 4. The number of imidazole rings is 1. The van der Waals surface area contributed by atoms with Crippen molar-refractivity contribution in [1.82, 2.24) is 19.3 Å². The molecule has 0 aliphatic carbocycles. The number of fused-ring (bicyclic) bond motifs is 1. The molecule has 0 spiro atoms. The molecule has 3 rings (SSSR count). The van der Waals surface area contributed by atoms with Gasteiger partial charge in [0, 0.05) is 25.6 Å². The molecular weight excluding hydrogens is 355 g/mol. The van der Waals surface area contributed by atoms with Crippen molar-refractivity contribution in [2.45, 2.75) is 32.2 Å². The number of amides is 1. The van der Waals surface area contributed by atoms with Gasteiger partial charge in [-0.2, -0.15) is 4.39 Å². The standard InChI is InChI=1S/C19H20ClFN4O/c1-3-4-7-15(13-6-5-10-22-11-13)24(2)19(26)17-18(21)25-12-14(20)8-9-16(25)23-17/h5-6,8-12,15H,3-4,7H2,1-2H3/t15-/m1/s1. The lowest BCUT2D eigenvalue weighted by Gasteiger charge is -2.28. The van der Waals surface area contributed by atoms with Crippen LogP contribution in [0.2, 0.25) is 5.02 Å². The summed E-state index contributed by atoms with van der Waals surface area (Å²) in [5.41, 5.74) is 1.05. The second-order valence-corrected chi connectivity index (χ2v) is 6.62. The lowest BCUT2D eigenvalue weighted by atomic mass is 10.0. The Morgan fingerprint density at radius 3 is 2.88 bits per heavy atom. The first-order valence-electron chi connectivity index (χ1n) is 8.53. The summed E-state index contributed by atoms with van der Waals surface area (Å²) in [5, 5.41) is 0.373. The molecule has 0 saturated heterocycles. The Labute approximate surface area is 156 Å². The van der Waals surface area contributed by atoms with Crippen molar-refractivity contribution in [3.05, 3.63) is 65.1 Å². The molecule has 136 valence electrons. The second kappa shape index (κ2) is 7.83. The van der Waals surface area contributed by atoms with E-state index in [4.69, 9.17) is 11.6 Å². The summed E-state index contributed by atoms with van der Waals surface area (Å²) < 4.78 is 15.9. The molecule has 3 aromatic rings. The number of unbranched alkanes of at least 4 members (excludes halogenated alkanes) is 1. The van der Waals surface area contributed by atoms with Crippen LogP contribution >= 0.6 is 11.6 Å². The monoisotopic (exact) mass is 374 g/mol. The molecule has 5 nitrogen and oxygen atoms in total. The molecule has 0 unspecified atom stereocenters. The van der Waals surface area contributed by atoms with Crippen LogP contribution in [0.3, 0.4) is 0 Å². The Morgan fingerprint density at radius 2 is 2.19 bits per heavy atom. The van der Waals surface area contributed by atoms with E-state index in [1.165, 1.54) is 10.6 Å². The molecule has 0 aromatic carbocycles. The number of hydrogen-bond acceptors (Lipinski definition) is 3. The first-order chi connectivity index (χ1) is 12.5. The van der Waals surface area contributed by atoms with Crippen LogP contribution in [0, 0.1) is 5.95 Å². The van der Waals surface area contributed by atoms with Crippen LogP contribution in [0.1, 0.15) is 48.3 Å². The van der Waals surface area contributed by atoms with E-state index in [2.05, 4.69) is 16.9 Å². The van der Waals surface area contributed by atoms with Gasteiger partial charge in [-0.25, -0.2) is 4.98 Å². The summed E-state index contributed by atoms with van der Waals surface area (Å²) in [6, 6.07) is 6.76. The van der Waals surface area contributed by atoms with Crippen molar-refractivity contribution < 1.29 is 9.18 Å². The van der Waals surface area contributed by atoms with Crippen LogP contribution in [0.25, 0.3) is 5.65 Å². The number of pyridine rings is 2. The summed E-state index contributed by atoms with van der Waals surface area (Å²) in [7, 11) is 1.67. The van der Waals surface area contributed by atoms with Crippen LogP contribution in [-0.4, -0.2) is 32.2 Å². The Kier molecular flexibility index (Phi) is 5.52. The Morgan fingerprint density at radius 1 is 1.38 bits per heavy atom. The maximum absolute atomic E-state index is 14.7. The first-order valence-corrected chi connectivity index (χ1v) is 8.91. The number of aromatic nitrogens is 3. The van der Waals surface area contributed by atoms with Gasteiger partial charge < -0.3 is 4.90 Å². The van der Waals surface area contributed by atoms with Crippen molar-refractivity contribution in [2.24, 2.45) is 0 Å². The van der Waals surface area contributed by atoms with Crippen LogP contribution in [0.5, 0.6) is 0 Å². The van der Waals surface area contributed by atoms with Gasteiger partial charge in [0.1, 0.15) is 5.65 Å². The summed E-state index contributed by atoms with van der Waals surface area (Å²) in [4.78, 5) is 22.8. The maximum atomic E-state index is 14.7. The van der Waals surface area contributed by atoms with E-state index in [1.807, 2.05) is 12.1 Å². The normalized spacial score (nSPS) is 12.3. The summed E-state index contributed by atoms with van der Waals surface area (Å²) in [6.45, 7) is 2.09. The van der Waals surface area contributed by atoms with Crippen molar-refractivity contribution in [3.63, 3.8) is 0 Å². The van der Waals surface area contributed by atoms with Gasteiger partial charge in [-0.3, -0.25) is 14.2 Å². The average molecular weight is 375 g/mol. The number of halogens is 2. The van der Waals surface area contributed by atoms with E-state index < -0.39 is 11.9 Å².